The molecule has 1 heterocycles. The van der Waals surface area contributed by atoms with E-state index in [1.54, 1.807) is 11.3 Å². The molecular formula is C18H27NO2S. The second-order valence-corrected chi connectivity index (χ2v) is 6.69. The summed E-state index contributed by atoms with van der Waals surface area (Å²) in [6.45, 7) is 7.55. The highest BCUT2D eigenvalue weighted by Gasteiger charge is 2.31. The maximum Gasteiger partial charge on any atom is 0.314 e. The fraction of sp³-hybridized carbons (Fsp3) is 0.611. The molecule has 0 aromatic carbocycles. The summed E-state index contributed by atoms with van der Waals surface area (Å²) >= 11 is 1.66. The predicted molar refractivity (Wildman–Crippen MR) is 92.3 cm³/mol. The molecule has 0 saturated carbocycles. The molecule has 0 saturated heterocycles. The second-order valence-electron chi connectivity index (χ2n) is 5.71. The molecule has 2 rings (SSSR count). The van der Waals surface area contributed by atoms with Crippen LogP contribution in [-0.4, -0.2) is 37.1 Å². The molecule has 0 unspecified atom stereocenters. The number of ether oxygens (including phenoxy) is 1. The first-order valence-electron chi connectivity index (χ1n) is 8.35. The minimum absolute atomic E-state index is 0.0637. The van der Waals surface area contributed by atoms with Gasteiger partial charge in [0.05, 0.1) is 5.92 Å². The number of allylic oxidation sites excluding steroid dienone is 2. The predicted octanol–water partition coefficient (Wildman–Crippen LogP) is 4.07. The van der Waals surface area contributed by atoms with Crippen molar-refractivity contribution in [3.63, 3.8) is 0 Å². The first-order chi connectivity index (χ1) is 10.8. The lowest BCUT2D eigenvalue weighted by Gasteiger charge is -2.25. The average Bonchev–Trinajstić information content (AvgIpc) is 3.07. The minimum Gasteiger partial charge on any atom is -0.464 e. The van der Waals surface area contributed by atoms with Crippen LogP contribution in [0.4, 0.5) is 0 Å². The van der Waals surface area contributed by atoms with Crippen molar-refractivity contribution in [1.29, 1.82) is 0 Å². The molecule has 0 amide bonds. The maximum atomic E-state index is 12.6. The molecule has 122 valence electrons. The first kappa shape index (κ1) is 17.2. The first-order valence-corrected chi connectivity index (χ1v) is 9.23. The zero-order valence-electron chi connectivity index (χ0n) is 13.7. The van der Waals surface area contributed by atoms with Crippen LogP contribution in [0.5, 0.6) is 0 Å². The molecule has 22 heavy (non-hydrogen) atoms. The van der Waals surface area contributed by atoms with Gasteiger partial charge in [-0.25, -0.2) is 0 Å². The van der Waals surface area contributed by atoms with Crippen LogP contribution < -0.4 is 0 Å². The Hall–Kier alpha value is -1.13. The number of rotatable bonds is 8. The van der Waals surface area contributed by atoms with Gasteiger partial charge in [-0.2, -0.15) is 0 Å². The van der Waals surface area contributed by atoms with Gasteiger partial charge in [0, 0.05) is 11.4 Å². The van der Waals surface area contributed by atoms with Crippen LogP contribution in [0, 0.1) is 5.92 Å². The maximum absolute atomic E-state index is 12.6. The lowest BCUT2D eigenvalue weighted by molar-refractivity contribution is -0.147. The highest BCUT2D eigenvalue weighted by Crippen LogP contribution is 2.35. The number of hydrogen-bond acceptors (Lipinski definition) is 4. The van der Waals surface area contributed by atoms with E-state index in [-0.39, 0.29) is 17.8 Å². The third kappa shape index (κ3) is 4.68. The van der Waals surface area contributed by atoms with Gasteiger partial charge in [0.1, 0.15) is 6.61 Å². The van der Waals surface area contributed by atoms with Crippen LogP contribution >= 0.6 is 11.3 Å². The van der Waals surface area contributed by atoms with E-state index in [0.29, 0.717) is 6.61 Å². The molecule has 1 aromatic heterocycles. The normalized spacial score (nSPS) is 19.3. The van der Waals surface area contributed by atoms with Crippen molar-refractivity contribution in [2.75, 3.05) is 26.2 Å². The summed E-state index contributed by atoms with van der Waals surface area (Å²) in [7, 11) is 0. The van der Waals surface area contributed by atoms with Crippen molar-refractivity contribution in [3.05, 3.63) is 34.5 Å². The Labute approximate surface area is 138 Å². The van der Waals surface area contributed by atoms with E-state index in [2.05, 4.69) is 37.0 Å². The van der Waals surface area contributed by atoms with E-state index in [1.165, 1.54) is 0 Å². The van der Waals surface area contributed by atoms with Gasteiger partial charge in [-0.15, -0.1) is 11.3 Å². The van der Waals surface area contributed by atoms with Crippen LogP contribution in [0.1, 0.15) is 43.9 Å². The van der Waals surface area contributed by atoms with Crippen LogP contribution in [0.2, 0.25) is 0 Å². The quantitative estimate of drug-likeness (QED) is 0.534. The molecule has 0 bridgehead atoms. The molecule has 2 atom stereocenters. The van der Waals surface area contributed by atoms with Gasteiger partial charge in [0.15, 0.2) is 0 Å². The van der Waals surface area contributed by atoms with E-state index in [9.17, 15) is 4.79 Å². The SMILES string of the molecule is CCN(CC)CCOC(=O)[C@@H](c1cccs1)[C@@H]1C=CCCC1. The summed E-state index contributed by atoms with van der Waals surface area (Å²) in [5.41, 5.74) is 0. The average molecular weight is 321 g/mol. The van der Waals surface area contributed by atoms with Gasteiger partial charge in [-0.1, -0.05) is 32.1 Å². The van der Waals surface area contributed by atoms with Gasteiger partial charge in [-0.3, -0.25) is 4.79 Å². The molecule has 1 aromatic rings. The van der Waals surface area contributed by atoms with E-state index < -0.39 is 0 Å². The van der Waals surface area contributed by atoms with Gasteiger partial charge in [0.2, 0.25) is 0 Å². The Bertz CT molecular complexity index is 465. The Morgan fingerprint density at radius 3 is 2.86 bits per heavy atom. The van der Waals surface area contributed by atoms with Crippen molar-refractivity contribution in [1.82, 2.24) is 4.90 Å². The molecule has 1 aliphatic rings. The van der Waals surface area contributed by atoms with E-state index in [0.717, 1.165) is 43.8 Å². The lowest BCUT2D eigenvalue weighted by Crippen LogP contribution is -2.30. The van der Waals surface area contributed by atoms with E-state index in [1.807, 2.05) is 11.4 Å². The van der Waals surface area contributed by atoms with Gasteiger partial charge >= 0.3 is 5.97 Å². The van der Waals surface area contributed by atoms with Crippen molar-refractivity contribution in [2.45, 2.75) is 39.0 Å². The molecule has 0 aliphatic heterocycles. The third-order valence-electron chi connectivity index (χ3n) is 4.37. The topological polar surface area (TPSA) is 29.5 Å². The Morgan fingerprint density at radius 1 is 1.45 bits per heavy atom. The number of carbonyl (C=O) groups is 1. The van der Waals surface area contributed by atoms with Gasteiger partial charge < -0.3 is 9.64 Å². The Kier molecular flexibility index (Phi) is 7.13. The smallest absolute Gasteiger partial charge is 0.314 e. The third-order valence-corrected chi connectivity index (χ3v) is 5.32. The van der Waals surface area contributed by atoms with Crippen LogP contribution in [0.25, 0.3) is 0 Å². The number of hydrogen-bond donors (Lipinski definition) is 0. The Balaban J connectivity index is 1.97. The monoisotopic (exact) mass is 321 g/mol. The zero-order valence-corrected chi connectivity index (χ0v) is 14.5. The van der Waals surface area contributed by atoms with E-state index in [4.69, 9.17) is 4.74 Å². The molecule has 1 aliphatic carbocycles. The molecular weight excluding hydrogens is 294 g/mol. The van der Waals surface area contributed by atoms with Crippen LogP contribution in [-0.2, 0) is 9.53 Å². The molecule has 0 radical (unpaired) electrons. The van der Waals surface area contributed by atoms with Crippen LogP contribution in [0.15, 0.2) is 29.7 Å². The number of thiophene rings is 1. The number of esters is 1. The highest BCUT2D eigenvalue weighted by atomic mass is 32.1. The molecule has 3 nitrogen and oxygen atoms in total. The molecule has 0 fully saturated rings. The zero-order chi connectivity index (χ0) is 15.8. The molecule has 4 heteroatoms. The lowest BCUT2D eigenvalue weighted by atomic mass is 9.83. The molecule has 0 N–H and O–H groups in total. The number of likely N-dealkylation sites (N-methyl/N-ethyl adjacent to an activating group) is 1. The van der Waals surface area contributed by atoms with Crippen LogP contribution in [0.3, 0.4) is 0 Å². The van der Waals surface area contributed by atoms with Crippen molar-refractivity contribution in [3.8, 4) is 0 Å². The summed E-state index contributed by atoms with van der Waals surface area (Å²) in [6, 6.07) is 4.08. The van der Waals surface area contributed by atoms with E-state index >= 15 is 0 Å². The van der Waals surface area contributed by atoms with Gasteiger partial charge in [0.25, 0.3) is 0 Å². The Morgan fingerprint density at radius 2 is 2.27 bits per heavy atom. The van der Waals surface area contributed by atoms with Crippen molar-refractivity contribution < 1.29 is 9.53 Å². The standard InChI is InChI=1S/C18H27NO2S/c1-3-19(4-2)12-13-21-18(20)17(16-11-8-14-22-16)15-9-6-5-7-10-15/h6,8-9,11,14-15,17H,3-5,7,10,12-13H2,1-2H3/t15-,17-/m1/s1. The number of carbonyl (C=O) groups excluding carboxylic acids is 1. The summed E-state index contributed by atoms with van der Waals surface area (Å²) in [5, 5.41) is 2.04. The van der Waals surface area contributed by atoms with Gasteiger partial charge in [-0.05, 0) is 49.7 Å². The fourth-order valence-corrected chi connectivity index (χ4v) is 3.88. The largest absolute Gasteiger partial charge is 0.464 e. The minimum atomic E-state index is -0.131. The van der Waals surface area contributed by atoms with Crippen molar-refractivity contribution in [2.24, 2.45) is 5.92 Å². The summed E-state index contributed by atoms with van der Waals surface area (Å²) < 4.78 is 5.61. The highest BCUT2D eigenvalue weighted by molar-refractivity contribution is 7.10. The fourth-order valence-electron chi connectivity index (χ4n) is 2.99. The van der Waals surface area contributed by atoms with Crippen molar-refractivity contribution >= 4 is 17.3 Å². The molecule has 0 spiro atoms. The summed E-state index contributed by atoms with van der Waals surface area (Å²) in [5.74, 6) is 0.0905. The summed E-state index contributed by atoms with van der Waals surface area (Å²) in [6.07, 6.45) is 7.78. The number of nitrogens with zero attached hydrogens (tertiary/aromatic N) is 1. The second kappa shape index (κ2) is 9.11. The summed E-state index contributed by atoms with van der Waals surface area (Å²) in [4.78, 5) is 16.0.